The topological polar surface area (TPSA) is 97.4 Å². The Kier molecular flexibility index (Phi) is 8.08. The molecule has 1 saturated heterocycles. The van der Waals surface area contributed by atoms with Gasteiger partial charge >= 0.3 is 0 Å². The lowest BCUT2D eigenvalue weighted by Crippen LogP contribution is -2.39. The van der Waals surface area contributed by atoms with Crippen LogP contribution in [0.1, 0.15) is 47.3 Å². The number of aromatic hydroxyl groups is 1. The number of morpholine rings is 1. The number of phenols is 1. The van der Waals surface area contributed by atoms with Crippen molar-refractivity contribution in [2.45, 2.75) is 32.8 Å². The number of halogens is 1. The first kappa shape index (κ1) is 28.1. The van der Waals surface area contributed by atoms with E-state index in [9.17, 15) is 14.6 Å². The molecular weight excluding hydrogens is 539 g/mol. The second kappa shape index (κ2) is 12.1. The van der Waals surface area contributed by atoms with Gasteiger partial charge in [0.25, 0.3) is 0 Å². The largest absolute Gasteiger partial charge is 0.507 e. The summed E-state index contributed by atoms with van der Waals surface area (Å²) in [7, 11) is 0. The van der Waals surface area contributed by atoms with Crippen molar-refractivity contribution in [3.05, 3.63) is 101 Å². The van der Waals surface area contributed by atoms with E-state index >= 15 is 0 Å². The number of pyridine rings is 1. The van der Waals surface area contributed by atoms with Crippen LogP contribution in [0.25, 0.3) is 21.7 Å². The van der Waals surface area contributed by atoms with Gasteiger partial charge in [-0.15, -0.1) is 0 Å². The number of nitrogens with zero attached hydrogens (tertiary/aromatic N) is 2. The number of hydrogen-bond donors (Lipinski definition) is 2. The lowest BCUT2D eigenvalue weighted by Gasteiger charge is -2.36. The van der Waals surface area contributed by atoms with E-state index in [-0.39, 0.29) is 18.2 Å². The number of hydrogen-bond acceptors (Lipinski definition) is 8. The van der Waals surface area contributed by atoms with Crippen LogP contribution < -0.4 is 4.74 Å². The fourth-order valence-electron chi connectivity index (χ4n) is 5.78. The number of aliphatic hydroxyl groups is 1. The Bertz CT molecular complexity index is 1700. The summed E-state index contributed by atoms with van der Waals surface area (Å²) in [6.45, 7) is 6.43. The Morgan fingerprint density at radius 2 is 1.76 bits per heavy atom. The third kappa shape index (κ3) is 5.32. The summed E-state index contributed by atoms with van der Waals surface area (Å²) in [5, 5.41) is 25.1. The maximum Gasteiger partial charge on any atom is 0.213 e. The van der Waals surface area contributed by atoms with E-state index in [0.717, 1.165) is 16.5 Å². The fourth-order valence-corrected chi connectivity index (χ4v) is 5.78. The Balaban J connectivity index is 1.54. The summed E-state index contributed by atoms with van der Waals surface area (Å²) >= 11 is 0. The van der Waals surface area contributed by atoms with Gasteiger partial charge in [-0.05, 0) is 43.2 Å². The first-order valence-corrected chi connectivity index (χ1v) is 14.1. The van der Waals surface area contributed by atoms with Crippen molar-refractivity contribution in [3.8, 4) is 11.6 Å². The zero-order valence-corrected chi connectivity index (χ0v) is 23.5. The number of benzene rings is 3. The van der Waals surface area contributed by atoms with Crippen LogP contribution in [-0.4, -0.2) is 53.0 Å². The Labute approximate surface area is 242 Å². The molecular formula is C33H33FN2O6. The van der Waals surface area contributed by atoms with Gasteiger partial charge in [-0.25, -0.2) is 9.37 Å². The molecule has 1 aliphatic heterocycles. The third-order valence-electron chi connectivity index (χ3n) is 7.71. The summed E-state index contributed by atoms with van der Waals surface area (Å²) < 4.78 is 37.0. The number of phenolic OH excluding ortho intramolecular Hbond substituents is 1. The van der Waals surface area contributed by atoms with Crippen molar-refractivity contribution in [1.29, 1.82) is 0 Å². The molecule has 9 heteroatoms. The molecule has 5 aromatic rings. The summed E-state index contributed by atoms with van der Waals surface area (Å²) in [5.74, 6) is 0.703. The monoisotopic (exact) mass is 572 g/mol. The predicted octanol–water partition coefficient (Wildman–Crippen LogP) is 6.16. The van der Waals surface area contributed by atoms with Crippen molar-refractivity contribution < 1.29 is 33.2 Å². The molecule has 0 aliphatic carbocycles. The molecule has 0 bridgehead atoms. The highest BCUT2D eigenvalue weighted by Gasteiger charge is 2.34. The van der Waals surface area contributed by atoms with Crippen LogP contribution in [0.15, 0.2) is 71.3 Å². The van der Waals surface area contributed by atoms with Gasteiger partial charge in [0.05, 0.1) is 24.8 Å². The molecule has 2 atom stereocenters. The number of fused-ring (bicyclic) bond motifs is 3. The zero-order valence-electron chi connectivity index (χ0n) is 23.5. The number of aliphatic hydroxyl groups excluding tert-OH is 1. The molecule has 2 N–H and O–H groups in total. The van der Waals surface area contributed by atoms with Crippen molar-refractivity contribution in [3.63, 3.8) is 0 Å². The summed E-state index contributed by atoms with van der Waals surface area (Å²) in [4.78, 5) is 6.66. The minimum atomic E-state index is -1.24. The predicted molar refractivity (Wildman–Crippen MR) is 156 cm³/mol. The lowest BCUT2D eigenvalue weighted by molar-refractivity contribution is -0.0978. The normalized spacial score (nSPS) is 15.7. The molecule has 2 unspecified atom stereocenters. The van der Waals surface area contributed by atoms with Gasteiger partial charge in [-0.1, -0.05) is 36.4 Å². The number of rotatable bonds is 9. The molecule has 3 heterocycles. The average molecular weight is 573 g/mol. The number of furan rings is 1. The second-order valence-corrected chi connectivity index (χ2v) is 10.3. The van der Waals surface area contributed by atoms with Crippen LogP contribution in [-0.2, 0) is 16.1 Å². The minimum Gasteiger partial charge on any atom is -0.507 e. The highest BCUT2D eigenvalue weighted by atomic mass is 19.1. The van der Waals surface area contributed by atoms with Crippen LogP contribution >= 0.6 is 0 Å². The van der Waals surface area contributed by atoms with Crippen LogP contribution in [0.5, 0.6) is 11.6 Å². The van der Waals surface area contributed by atoms with E-state index in [0.29, 0.717) is 72.0 Å². The van der Waals surface area contributed by atoms with Crippen molar-refractivity contribution >= 4 is 21.7 Å². The highest BCUT2D eigenvalue weighted by molar-refractivity contribution is 6.11. The Morgan fingerprint density at radius 1 is 1.02 bits per heavy atom. The smallest absolute Gasteiger partial charge is 0.213 e. The second-order valence-electron chi connectivity index (χ2n) is 10.3. The molecule has 0 saturated carbocycles. The standard InChI is InChI=1S/C33H33FN2O6/c1-3-40-33(38)27-20(2)42-32-25-7-5-4-6-24(25)31(37)29(28(27)32)30(36-14-16-39-17-15-36)22-12-13-35-26(18-22)41-19-21-8-10-23(34)11-9-21/h4-13,18,30,33,37-38H,3,14-17,19H2,1-2H3. The maximum atomic E-state index is 13.4. The van der Waals surface area contributed by atoms with E-state index in [1.165, 1.54) is 12.1 Å². The van der Waals surface area contributed by atoms with Crippen molar-refractivity contribution in [2.24, 2.45) is 0 Å². The van der Waals surface area contributed by atoms with Gasteiger partial charge in [0.15, 0.2) is 6.29 Å². The van der Waals surface area contributed by atoms with Gasteiger partial charge in [0.2, 0.25) is 5.88 Å². The molecule has 42 heavy (non-hydrogen) atoms. The van der Waals surface area contributed by atoms with Gasteiger partial charge < -0.3 is 28.8 Å². The Morgan fingerprint density at radius 3 is 2.50 bits per heavy atom. The van der Waals surface area contributed by atoms with E-state index in [1.54, 1.807) is 25.3 Å². The fraction of sp³-hybridized carbons (Fsp3) is 0.303. The molecule has 6 rings (SSSR count). The van der Waals surface area contributed by atoms with Gasteiger partial charge in [-0.3, -0.25) is 4.90 Å². The lowest BCUT2D eigenvalue weighted by atomic mass is 9.89. The number of aryl methyl sites for hydroxylation is 1. The molecule has 3 aromatic carbocycles. The third-order valence-corrected chi connectivity index (χ3v) is 7.71. The summed E-state index contributed by atoms with van der Waals surface area (Å²) in [5.41, 5.74) is 3.31. The SMILES string of the molecule is CCOC(O)c1c(C)oc2c1c(C(c1ccnc(OCc3ccc(F)cc3)c1)N1CCOCC1)c(O)c1ccccc12. The molecule has 8 nitrogen and oxygen atoms in total. The summed E-state index contributed by atoms with van der Waals surface area (Å²) in [6, 6.07) is 17.0. The highest BCUT2D eigenvalue weighted by Crippen LogP contribution is 2.48. The van der Waals surface area contributed by atoms with Gasteiger partial charge in [0.1, 0.15) is 29.5 Å². The molecule has 0 radical (unpaired) electrons. The van der Waals surface area contributed by atoms with Crippen LogP contribution in [0.4, 0.5) is 4.39 Å². The average Bonchev–Trinajstić information content (AvgIpc) is 3.36. The van der Waals surface area contributed by atoms with E-state index < -0.39 is 12.3 Å². The van der Waals surface area contributed by atoms with Crippen molar-refractivity contribution in [1.82, 2.24) is 9.88 Å². The quantitative estimate of drug-likeness (QED) is 0.203. The molecule has 2 aromatic heterocycles. The summed E-state index contributed by atoms with van der Waals surface area (Å²) in [6.07, 6.45) is 0.433. The molecule has 1 fully saturated rings. The molecule has 0 spiro atoms. The Hall–Kier alpha value is -4.02. The zero-order chi connectivity index (χ0) is 29.2. The number of aromatic nitrogens is 1. The van der Waals surface area contributed by atoms with Crippen LogP contribution in [0.3, 0.4) is 0 Å². The molecule has 218 valence electrons. The van der Waals surface area contributed by atoms with Crippen LogP contribution in [0, 0.1) is 12.7 Å². The van der Waals surface area contributed by atoms with Gasteiger partial charge in [-0.2, -0.15) is 0 Å². The van der Waals surface area contributed by atoms with E-state index in [2.05, 4.69) is 9.88 Å². The minimum absolute atomic E-state index is 0.103. The molecule has 0 amide bonds. The first-order valence-electron chi connectivity index (χ1n) is 14.1. The van der Waals surface area contributed by atoms with Crippen molar-refractivity contribution in [2.75, 3.05) is 32.9 Å². The van der Waals surface area contributed by atoms with Crippen LogP contribution in [0.2, 0.25) is 0 Å². The van der Waals surface area contributed by atoms with E-state index in [4.69, 9.17) is 18.6 Å². The maximum absolute atomic E-state index is 13.4. The number of ether oxygens (including phenoxy) is 3. The van der Waals surface area contributed by atoms with Gasteiger partial charge in [0, 0.05) is 53.7 Å². The molecule has 1 aliphatic rings. The van der Waals surface area contributed by atoms with E-state index in [1.807, 2.05) is 43.3 Å². The first-order chi connectivity index (χ1) is 20.5.